The number of aromatic nitrogens is 2. The summed E-state index contributed by atoms with van der Waals surface area (Å²) in [6.45, 7) is 5.67. The first-order valence-electron chi connectivity index (χ1n) is 9.24. The maximum absolute atomic E-state index is 12.4. The Hall–Kier alpha value is -2.22. The van der Waals surface area contributed by atoms with E-state index in [0.717, 1.165) is 23.3 Å². The highest BCUT2D eigenvalue weighted by Gasteiger charge is 2.42. The fraction of sp³-hybridized carbons (Fsp3) is 0.579. The molecule has 1 saturated carbocycles. The van der Waals surface area contributed by atoms with Crippen LogP contribution >= 0.6 is 11.3 Å². The SMILES string of the molecule is Cc1sc2nc(CCC(=O)NC3(C)CCCCC3C(=O)O)[nH]c(=O)c2c1C. The molecule has 2 heterocycles. The number of carbonyl (C=O) groups excluding carboxylic acids is 1. The van der Waals surface area contributed by atoms with Crippen molar-refractivity contribution < 1.29 is 14.7 Å². The predicted molar refractivity (Wildman–Crippen MR) is 104 cm³/mol. The molecule has 27 heavy (non-hydrogen) atoms. The first kappa shape index (κ1) is 19.5. The van der Waals surface area contributed by atoms with Crippen LogP contribution in [0.4, 0.5) is 0 Å². The van der Waals surface area contributed by atoms with Crippen molar-refractivity contribution in [2.45, 2.75) is 64.8 Å². The summed E-state index contributed by atoms with van der Waals surface area (Å²) in [6, 6.07) is 0. The van der Waals surface area contributed by atoms with Gasteiger partial charge in [-0.15, -0.1) is 11.3 Å². The van der Waals surface area contributed by atoms with Crippen LogP contribution in [0.1, 0.15) is 55.3 Å². The number of carboxylic acid groups (broad SMARTS) is 1. The van der Waals surface area contributed by atoms with Crippen LogP contribution in [0.5, 0.6) is 0 Å². The second kappa shape index (κ2) is 7.42. The van der Waals surface area contributed by atoms with Crippen LogP contribution in [0, 0.1) is 19.8 Å². The summed E-state index contributed by atoms with van der Waals surface area (Å²) in [7, 11) is 0. The summed E-state index contributed by atoms with van der Waals surface area (Å²) in [5.41, 5.74) is 0.0360. The lowest BCUT2D eigenvalue weighted by atomic mass is 9.74. The Bertz CT molecular complexity index is 948. The van der Waals surface area contributed by atoms with Crippen molar-refractivity contribution in [1.82, 2.24) is 15.3 Å². The van der Waals surface area contributed by atoms with Crippen molar-refractivity contribution in [1.29, 1.82) is 0 Å². The Balaban J connectivity index is 1.69. The third kappa shape index (κ3) is 3.90. The summed E-state index contributed by atoms with van der Waals surface area (Å²) < 4.78 is 0. The summed E-state index contributed by atoms with van der Waals surface area (Å²) in [5, 5.41) is 13.0. The van der Waals surface area contributed by atoms with Gasteiger partial charge in [-0.25, -0.2) is 4.98 Å². The van der Waals surface area contributed by atoms with Crippen LogP contribution in [0.15, 0.2) is 4.79 Å². The summed E-state index contributed by atoms with van der Waals surface area (Å²) in [5.74, 6) is -1.17. The molecule has 0 spiro atoms. The fourth-order valence-corrected chi connectivity index (χ4v) is 4.96. The van der Waals surface area contributed by atoms with Crippen molar-refractivity contribution in [3.8, 4) is 0 Å². The number of nitrogens with one attached hydrogen (secondary N) is 2. The first-order valence-corrected chi connectivity index (χ1v) is 10.1. The number of rotatable bonds is 5. The molecule has 2 aromatic heterocycles. The van der Waals surface area contributed by atoms with Gasteiger partial charge in [0.25, 0.3) is 5.56 Å². The van der Waals surface area contributed by atoms with Crippen molar-refractivity contribution in [2.24, 2.45) is 5.92 Å². The minimum Gasteiger partial charge on any atom is -0.481 e. The van der Waals surface area contributed by atoms with Gasteiger partial charge in [-0.05, 0) is 39.2 Å². The van der Waals surface area contributed by atoms with E-state index in [9.17, 15) is 19.5 Å². The Morgan fingerprint density at radius 1 is 1.37 bits per heavy atom. The molecule has 1 aliphatic rings. The van der Waals surface area contributed by atoms with Gasteiger partial charge in [0.05, 0.1) is 16.8 Å². The topological polar surface area (TPSA) is 112 Å². The maximum atomic E-state index is 12.4. The number of thiophene rings is 1. The number of carbonyl (C=O) groups is 2. The van der Waals surface area contributed by atoms with E-state index in [2.05, 4.69) is 15.3 Å². The number of aryl methyl sites for hydroxylation is 3. The number of nitrogens with zero attached hydrogens (tertiary/aromatic N) is 1. The molecule has 3 rings (SSSR count). The molecular formula is C19H25N3O4S. The third-order valence-electron chi connectivity index (χ3n) is 5.61. The summed E-state index contributed by atoms with van der Waals surface area (Å²) in [4.78, 5) is 45.3. The van der Waals surface area contributed by atoms with Gasteiger partial charge >= 0.3 is 5.97 Å². The van der Waals surface area contributed by atoms with E-state index in [1.165, 1.54) is 11.3 Å². The van der Waals surface area contributed by atoms with Gasteiger partial charge in [0.1, 0.15) is 10.7 Å². The zero-order valence-corrected chi connectivity index (χ0v) is 16.7. The molecule has 2 aromatic rings. The summed E-state index contributed by atoms with van der Waals surface area (Å²) in [6.07, 6.45) is 3.47. The van der Waals surface area contributed by atoms with E-state index in [-0.39, 0.29) is 17.9 Å². The Morgan fingerprint density at radius 3 is 2.81 bits per heavy atom. The lowest BCUT2D eigenvalue weighted by Crippen LogP contribution is -2.55. The van der Waals surface area contributed by atoms with Gasteiger partial charge < -0.3 is 15.4 Å². The van der Waals surface area contributed by atoms with Gasteiger partial charge in [0, 0.05) is 17.7 Å². The largest absolute Gasteiger partial charge is 0.481 e. The number of fused-ring (bicyclic) bond motifs is 1. The molecule has 8 heteroatoms. The van der Waals surface area contributed by atoms with E-state index in [0.29, 0.717) is 35.3 Å². The molecule has 2 atom stereocenters. The number of H-pyrrole nitrogens is 1. The minimum atomic E-state index is -0.864. The molecule has 0 aliphatic heterocycles. The standard InChI is InChI=1S/C19H25N3O4S/c1-10-11(2)27-17-15(10)16(24)20-13(21-17)7-8-14(23)22-19(3)9-5-4-6-12(19)18(25)26/h12H,4-9H2,1-3H3,(H,22,23)(H,25,26)(H,20,21,24). The second-order valence-electron chi connectivity index (χ2n) is 7.58. The molecule has 7 nitrogen and oxygen atoms in total. The van der Waals surface area contributed by atoms with Crippen LogP contribution in [0.25, 0.3) is 10.2 Å². The lowest BCUT2D eigenvalue weighted by molar-refractivity contribution is -0.146. The van der Waals surface area contributed by atoms with E-state index in [1.807, 2.05) is 20.8 Å². The fourth-order valence-electron chi connectivity index (χ4n) is 3.91. The van der Waals surface area contributed by atoms with Crippen molar-refractivity contribution in [3.05, 3.63) is 26.6 Å². The van der Waals surface area contributed by atoms with Crippen molar-refractivity contribution in [3.63, 3.8) is 0 Å². The Labute approximate surface area is 161 Å². The second-order valence-corrected chi connectivity index (χ2v) is 8.78. The highest BCUT2D eigenvalue weighted by Crippen LogP contribution is 2.34. The van der Waals surface area contributed by atoms with Gasteiger partial charge in [0.2, 0.25) is 5.91 Å². The van der Waals surface area contributed by atoms with Gasteiger partial charge in [-0.3, -0.25) is 14.4 Å². The van der Waals surface area contributed by atoms with E-state index >= 15 is 0 Å². The molecule has 146 valence electrons. The highest BCUT2D eigenvalue weighted by atomic mass is 32.1. The van der Waals surface area contributed by atoms with E-state index < -0.39 is 17.4 Å². The normalized spacial score (nSPS) is 22.7. The quantitative estimate of drug-likeness (QED) is 0.725. The minimum absolute atomic E-state index is 0.152. The van der Waals surface area contributed by atoms with Crippen molar-refractivity contribution >= 4 is 33.4 Å². The average molecular weight is 391 g/mol. The molecule has 2 unspecified atom stereocenters. The Kier molecular flexibility index (Phi) is 5.37. The third-order valence-corrected chi connectivity index (χ3v) is 6.71. The van der Waals surface area contributed by atoms with Crippen LogP contribution in [-0.2, 0) is 16.0 Å². The van der Waals surface area contributed by atoms with E-state index in [4.69, 9.17) is 0 Å². The molecule has 1 fully saturated rings. The van der Waals surface area contributed by atoms with Crippen molar-refractivity contribution in [2.75, 3.05) is 0 Å². The highest BCUT2D eigenvalue weighted by molar-refractivity contribution is 7.18. The molecule has 3 N–H and O–H groups in total. The zero-order chi connectivity index (χ0) is 19.8. The first-order chi connectivity index (χ1) is 12.7. The molecule has 0 radical (unpaired) electrons. The van der Waals surface area contributed by atoms with Crippen LogP contribution < -0.4 is 10.9 Å². The molecule has 1 amide bonds. The number of hydrogen-bond donors (Lipinski definition) is 3. The van der Waals surface area contributed by atoms with Gasteiger partial charge in [-0.1, -0.05) is 12.8 Å². The summed E-state index contributed by atoms with van der Waals surface area (Å²) >= 11 is 1.48. The molecular weight excluding hydrogens is 366 g/mol. The lowest BCUT2D eigenvalue weighted by Gasteiger charge is -2.39. The van der Waals surface area contributed by atoms with Crippen LogP contribution in [0.2, 0.25) is 0 Å². The monoisotopic (exact) mass is 391 g/mol. The Morgan fingerprint density at radius 2 is 2.11 bits per heavy atom. The number of aromatic amines is 1. The molecule has 0 aromatic carbocycles. The molecule has 1 aliphatic carbocycles. The van der Waals surface area contributed by atoms with Gasteiger partial charge in [-0.2, -0.15) is 0 Å². The van der Waals surface area contributed by atoms with E-state index in [1.54, 1.807) is 0 Å². The van der Waals surface area contributed by atoms with Crippen LogP contribution in [0.3, 0.4) is 0 Å². The average Bonchev–Trinajstić information content (AvgIpc) is 2.87. The number of aliphatic carboxylic acids is 1. The number of hydrogen-bond acceptors (Lipinski definition) is 5. The molecule has 0 saturated heterocycles. The predicted octanol–water partition coefficient (Wildman–Crippen LogP) is 2.68. The smallest absolute Gasteiger partial charge is 0.308 e. The zero-order valence-electron chi connectivity index (χ0n) is 15.8. The van der Waals surface area contributed by atoms with Crippen LogP contribution in [-0.4, -0.2) is 32.5 Å². The van der Waals surface area contributed by atoms with Gasteiger partial charge in [0.15, 0.2) is 0 Å². The maximum Gasteiger partial charge on any atom is 0.308 e. The number of amides is 1. The number of carboxylic acids is 1. The molecule has 0 bridgehead atoms.